The van der Waals surface area contributed by atoms with Gasteiger partial charge in [-0.05, 0) is 38.7 Å². The number of aryl methyl sites for hydroxylation is 2. The molecule has 0 amide bonds. The summed E-state index contributed by atoms with van der Waals surface area (Å²) < 4.78 is 0. The van der Waals surface area contributed by atoms with E-state index in [1.54, 1.807) is 0 Å². The molecule has 0 atom stereocenters. The molecule has 0 spiro atoms. The van der Waals surface area contributed by atoms with Gasteiger partial charge in [0.2, 0.25) is 0 Å². The first-order valence-electron chi connectivity index (χ1n) is 6.50. The SMILES string of the molecule is Cc1cc(N(C)CC2CCC2)c(CN)c(C)n1. The Kier molecular flexibility index (Phi) is 3.67. The number of aromatic nitrogens is 1. The van der Waals surface area contributed by atoms with Crippen LogP contribution >= 0.6 is 0 Å². The lowest BCUT2D eigenvalue weighted by molar-refractivity contribution is 0.321. The van der Waals surface area contributed by atoms with Crippen LogP contribution in [0.25, 0.3) is 0 Å². The van der Waals surface area contributed by atoms with Gasteiger partial charge in [-0.25, -0.2) is 0 Å². The predicted molar refractivity (Wildman–Crippen MR) is 72.2 cm³/mol. The van der Waals surface area contributed by atoms with Gasteiger partial charge in [-0.2, -0.15) is 0 Å². The number of nitrogens with zero attached hydrogens (tertiary/aromatic N) is 2. The van der Waals surface area contributed by atoms with Crippen LogP contribution in [0.5, 0.6) is 0 Å². The third kappa shape index (κ3) is 2.60. The molecule has 0 aromatic carbocycles. The van der Waals surface area contributed by atoms with Gasteiger partial charge in [0.15, 0.2) is 0 Å². The molecule has 1 heterocycles. The molecule has 1 saturated carbocycles. The molecule has 1 aliphatic rings. The van der Waals surface area contributed by atoms with E-state index in [1.807, 2.05) is 6.92 Å². The first-order valence-corrected chi connectivity index (χ1v) is 6.50. The summed E-state index contributed by atoms with van der Waals surface area (Å²) in [7, 11) is 2.17. The molecule has 94 valence electrons. The number of pyridine rings is 1. The monoisotopic (exact) mass is 233 g/mol. The molecular formula is C14H23N3. The average Bonchev–Trinajstić information content (AvgIpc) is 2.22. The van der Waals surface area contributed by atoms with E-state index in [4.69, 9.17) is 5.73 Å². The fraction of sp³-hybridized carbons (Fsp3) is 0.643. The summed E-state index contributed by atoms with van der Waals surface area (Å²) in [5.41, 5.74) is 10.5. The molecule has 0 aliphatic heterocycles. The van der Waals surface area contributed by atoms with Crippen molar-refractivity contribution in [2.24, 2.45) is 11.7 Å². The standard InChI is InChI=1S/C14H23N3/c1-10-7-14(13(8-15)11(2)16-10)17(3)9-12-5-4-6-12/h7,12H,4-6,8-9,15H2,1-3H3. The first kappa shape index (κ1) is 12.4. The van der Waals surface area contributed by atoms with Gasteiger partial charge in [-0.3, -0.25) is 4.98 Å². The molecule has 0 radical (unpaired) electrons. The number of hydrogen-bond acceptors (Lipinski definition) is 3. The lowest BCUT2D eigenvalue weighted by Gasteiger charge is -2.32. The zero-order chi connectivity index (χ0) is 12.4. The second kappa shape index (κ2) is 5.05. The van der Waals surface area contributed by atoms with Crippen LogP contribution in [-0.2, 0) is 6.54 Å². The number of nitrogens with two attached hydrogens (primary N) is 1. The van der Waals surface area contributed by atoms with Gasteiger partial charge in [0.25, 0.3) is 0 Å². The van der Waals surface area contributed by atoms with Crippen LogP contribution in [0.4, 0.5) is 5.69 Å². The van der Waals surface area contributed by atoms with E-state index in [1.165, 1.54) is 30.5 Å². The molecule has 2 N–H and O–H groups in total. The van der Waals surface area contributed by atoms with Crippen molar-refractivity contribution in [3.8, 4) is 0 Å². The highest BCUT2D eigenvalue weighted by Gasteiger charge is 2.20. The van der Waals surface area contributed by atoms with E-state index in [9.17, 15) is 0 Å². The van der Waals surface area contributed by atoms with E-state index in [0.717, 1.165) is 23.9 Å². The molecule has 0 bridgehead atoms. The van der Waals surface area contributed by atoms with Gasteiger partial charge in [-0.15, -0.1) is 0 Å². The van der Waals surface area contributed by atoms with Gasteiger partial charge >= 0.3 is 0 Å². The van der Waals surface area contributed by atoms with E-state index in [2.05, 4.69) is 29.9 Å². The second-order valence-electron chi connectivity index (χ2n) is 5.23. The van der Waals surface area contributed by atoms with Gasteiger partial charge in [0.1, 0.15) is 0 Å². The lowest BCUT2D eigenvalue weighted by atomic mass is 9.85. The molecule has 2 rings (SSSR count). The largest absolute Gasteiger partial charge is 0.374 e. The Morgan fingerprint density at radius 1 is 1.41 bits per heavy atom. The first-order chi connectivity index (χ1) is 8.11. The third-order valence-electron chi connectivity index (χ3n) is 3.81. The number of hydrogen-bond donors (Lipinski definition) is 1. The lowest BCUT2D eigenvalue weighted by Crippen LogP contribution is -2.30. The minimum atomic E-state index is 0.573. The van der Waals surface area contributed by atoms with Crippen LogP contribution in [-0.4, -0.2) is 18.6 Å². The quantitative estimate of drug-likeness (QED) is 0.868. The van der Waals surface area contributed by atoms with E-state index in [0.29, 0.717) is 6.54 Å². The average molecular weight is 233 g/mol. The third-order valence-corrected chi connectivity index (χ3v) is 3.81. The molecule has 17 heavy (non-hydrogen) atoms. The summed E-state index contributed by atoms with van der Waals surface area (Å²) in [6.07, 6.45) is 4.16. The maximum absolute atomic E-state index is 5.85. The summed E-state index contributed by atoms with van der Waals surface area (Å²) in [6.45, 7) is 5.82. The Labute approximate surface area is 104 Å². The van der Waals surface area contributed by atoms with Crippen molar-refractivity contribution < 1.29 is 0 Å². The molecule has 1 aromatic heterocycles. The molecule has 0 unspecified atom stereocenters. The van der Waals surface area contributed by atoms with Gasteiger partial charge < -0.3 is 10.6 Å². The summed E-state index contributed by atoms with van der Waals surface area (Å²) in [5.74, 6) is 0.874. The fourth-order valence-corrected chi connectivity index (χ4v) is 2.59. The van der Waals surface area contributed by atoms with Crippen LogP contribution in [0.2, 0.25) is 0 Å². The zero-order valence-corrected chi connectivity index (χ0v) is 11.2. The second-order valence-corrected chi connectivity index (χ2v) is 5.23. The van der Waals surface area contributed by atoms with Crippen LogP contribution in [0.3, 0.4) is 0 Å². The molecule has 1 aliphatic carbocycles. The van der Waals surface area contributed by atoms with Crippen molar-refractivity contribution in [1.29, 1.82) is 0 Å². The molecule has 0 saturated heterocycles. The number of rotatable bonds is 4. The molecule has 1 fully saturated rings. The highest BCUT2D eigenvalue weighted by molar-refractivity contribution is 5.55. The molecule has 1 aromatic rings. The highest BCUT2D eigenvalue weighted by atomic mass is 15.1. The van der Waals surface area contributed by atoms with Crippen molar-refractivity contribution >= 4 is 5.69 Å². The Balaban J connectivity index is 2.22. The van der Waals surface area contributed by atoms with Crippen molar-refractivity contribution in [2.45, 2.75) is 39.7 Å². The summed E-state index contributed by atoms with van der Waals surface area (Å²) >= 11 is 0. The van der Waals surface area contributed by atoms with Gasteiger partial charge in [0.05, 0.1) is 0 Å². The van der Waals surface area contributed by atoms with Crippen LogP contribution in [0.1, 0.15) is 36.2 Å². The maximum atomic E-state index is 5.85. The molecular weight excluding hydrogens is 210 g/mol. The Hall–Kier alpha value is -1.09. The van der Waals surface area contributed by atoms with Gasteiger partial charge in [-0.1, -0.05) is 6.42 Å². The Morgan fingerprint density at radius 3 is 2.65 bits per heavy atom. The van der Waals surface area contributed by atoms with E-state index >= 15 is 0 Å². The predicted octanol–water partition coefficient (Wildman–Crippen LogP) is 2.39. The summed E-state index contributed by atoms with van der Waals surface area (Å²) in [6, 6.07) is 2.16. The topological polar surface area (TPSA) is 42.1 Å². The Bertz CT molecular complexity index is 397. The smallest absolute Gasteiger partial charge is 0.0445 e. The van der Waals surface area contributed by atoms with Crippen molar-refractivity contribution in [3.63, 3.8) is 0 Å². The summed E-state index contributed by atoms with van der Waals surface area (Å²) in [5, 5.41) is 0. The van der Waals surface area contributed by atoms with Crippen LogP contribution in [0, 0.1) is 19.8 Å². The van der Waals surface area contributed by atoms with Crippen LogP contribution < -0.4 is 10.6 Å². The fourth-order valence-electron chi connectivity index (χ4n) is 2.59. The van der Waals surface area contributed by atoms with E-state index < -0.39 is 0 Å². The van der Waals surface area contributed by atoms with Crippen LogP contribution in [0.15, 0.2) is 6.07 Å². The summed E-state index contributed by atoms with van der Waals surface area (Å²) in [4.78, 5) is 6.85. The maximum Gasteiger partial charge on any atom is 0.0445 e. The van der Waals surface area contributed by atoms with Gasteiger partial charge in [0, 0.05) is 42.8 Å². The Morgan fingerprint density at radius 2 is 2.12 bits per heavy atom. The number of anilines is 1. The van der Waals surface area contributed by atoms with Crippen molar-refractivity contribution in [2.75, 3.05) is 18.5 Å². The minimum absolute atomic E-state index is 0.573. The minimum Gasteiger partial charge on any atom is -0.374 e. The molecule has 3 nitrogen and oxygen atoms in total. The molecule has 3 heteroatoms. The van der Waals surface area contributed by atoms with Crippen molar-refractivity contribution in [3.05, 3.63) is 23.0 Å². The van der Waals surface area contributed by atoms with Crippen molar-refractivity contribution in [1.82, 2.24) is 4.98 Å². The highest BCUT2D eigenvalue weighted by Crippen LogP contribution is 2.30. The zero-order valence-electron chi connectivity index (χ0n) is 11.2. The van der Waals surface area contributed by atoms with E-state index in [-0.39, 0.29) is 0 Å². The normalized spacial score (nSPS) is 15.8.